The molecule has 1 atom stereocenters. The zero-order chi connectivity index (χ0) is 10.7. The van der Waals surface area contributed by atoms with Crippen LogP contribution in [0.2, 0.25) is 0 Å². The summed E-state index contributed by atoms with van der Waals surface area (Å²) in [4.78, 5) is 9.48. The van der Waals surface area contributed by atoms with Gasteiger partial charge in [-0.05, 0) is 30.0 Å². The normalized spacial score (nSPS) is 12.7. The molecule has 15 heavy (non-hydrogen) atoms. The van der Waals surface area contributed by atoms with E-state index in [0.29, 0.717) is 6.54 Å². The van der Waals surface area contributed by atoms with E-state index >= 15 is 0 Å². The molecule has 0 aliphatic rings. The van der Waals surface area contributed by atoms with Crippen LogP contribution in [0.4, 0.5) is 0 Å². The largest absolute Gasteiger partial charge is 0.329 e. The molecule has 0 amide bonds. The Bertz CT molecular complexity index is 424. The molecular weight excluding hydrogens is 206 g/mol. The molecule has 3 nitrogen and oxygen atoms in total. The number of rotatable bonds is 3. The smallest absolute Gasteiger partial charge is 0.115 e. The van der Waals surface area contributed by atoms with Crippen molar-refractivity contribution in [2.45, 2.75) is 12.8 Å². The van der Waals surface area contributed by atoms with Crippen LogP contribution in [0.25, 0.3) is 0 Å². The van der Waals surface area contributed by atoms with E-state index < -0.39 is 0 Å². The van der Waals surface area contributed by atoms with Crippen LogP contribution in [-0.4, -0.2) is 16.5 Å². The third kappa shape index (κ3) is 2.06. The van der Waals surface area contributed by atoms with Crippen LogP contribution in [0.5, 0.6) is 0 Å². The Morgan fingerprint density at radius 1 is 1.47 bits per heavy atom. The van der Waals surface area contributed by atoms with E-state index in [-0.39, 0.29) is 5.92 Å². The lowest BCUT2D eigenvalue weighted by molar-refractivity contribution is 0.790. The molecule has 2 N–H and O–H groups in total. The van der Waals surface area contributed by atoms with Gasteiger partial charge in [0, 0.05) is 23.5 Å². The minimum Gasteiger partial charge on any atom is -0.329 e. The summed E-state index contributed by atoms with van der Waals surface area (Å²) >= 11 is 1.74. The molecule has 2 aromatic rings. The summed E-state index contributed by atoms with van der Waals surface area (Å²) in [5.74, 6) is 0.202. The maximum absolute atomic E-state index is 5.81. The predicted molar refractivity (Wildman–Crippen MR) is 62.0 cm³/mol. The number of hydrogen-bond donors (Lipinski definition) is 1. The van der Waals surface area contributed by atoms with Gasteiger partial charge < -0.3 is 5.73 Å². The van der Waals surface area contributed by atoms with Gasteiger partial charge in [-0.1, -0.05) is 0 Å². The van der Waals surface area contributed by atoms with E-state index in [4.69, 9.17) is 5.73 Å². The van der Waals surface area contributed by atoms with Crippen LogP contribution in [0, 0.1) is 6.92 Å². The van der Waals surface area contributed by atoms with Gasteiger partial charge in [0.15, 0.2) is 0 Å². The molecular formula is C11H13N3S. The highest BCUT2D eigenvalue weighted by molar-refractivity contribution is 7.10. The fraction of sp³-hybridized carbons (Fsp3) is 0.273. The number of aryl methyl sites for hydroxylation is 1. The van der Waals surface area contributed by atoms with Crippen LogP contribution >= 0.6 is 11.3 Å². The molecule has 2 heterocycles. The van der Waals surface area contributed by atoms with Crippen molar-refractivity contribution >= 4 is 11.3 Å². The van der Waals surface area contributed by atoms with Crippen LogP contribution in [-0.2, 0) is 0 Å². The zero-order valence-electron chi connectivity index (χ0n) is 8.55. The summed E-state index contributed by atoms with van der Waals surface area (Å²) in [5, 5.41) is 2.09. The molecule has 0 spiro atoms. The van der Waals surface area contributed by atoms with E-state index in [1.54, 1.807) is 23.9 Å². The first-order chi connectivity index (χ1) is 7.33. The topological polar surface area (TPSA) is 51.8 Å². The Morgan fingerprint density at radius 3 is 2.87 bits per heavy atom. The van der Waals surface area contributed by atoms with Crippen molar-refractivity contribution in [2.75, 3.05) is 6.54 Å². The standard InChI is InChI=1S/C11H13N3S/c1-8-3-5-15-11(8)9(6-12)10-2-4-13-7-14-10/h2-5,7,9H,6,12H2,1H3. The minimum absolute atomic E-state index is 0.202. The maximum Gasteiger partial charge on any atom is 0.115 e. The number of nitrogens with zero attached hydrogens (tertiary/aromatic N) is 2. The predicted octanol–water partition coefficient (Wildman–Crippen LogP) is 1.94. The van der Waals surface area contributed by atoms with Crippen molar-refractivity contribution in [1.82, 2.24) is 9.97 Å². The average Bonchev–Trinajstić information content (AvgIpc) is 2.68. The zero-order valence-corrected chi connectivity index (χ0v) is 9.37. The average molecular weight is 219 g/mol. The van der Waals surface area contributed by atoms with Gasteiger partial charge in [-0.25, -0.2) is 9.97 Å². The maximum atomic E-state index is 5.81. The Morgan fingerprint density at radius 2 is 2.33 bits per heavy atom. The molecule has 4 heteroatoms. The van der Waals surface area contributed by atoms with Crippen LogP contribution in [0.1, 0.15) is 22.1 Å². The highest BCUT2D eigenvalue weighted by atomic mass is 32.1. The van der Waals surface area contributed by atoms with Crippen molar-refractivity contribution < 1.29 is 0 Å². The summed E-state index contributed by atoms with van der Waals surface area (Å²) in [6.07, 6.45) is 3.33. The quantitative estimate of drug-likeness (QED) is 0.858. The third-order valence-electron chi connectivity index (χ3n) is 2.42. The van der Waals surface area contributed by atoms with Gasteiger partial charge in [0.1, 0.15) is 6.33 Å². The highest BCUT2D eigenvalue weighted by Crippen LogP contribution is 2.29. The first kappa shape index (κ1) is 10.3. The van der Waals surface area contributed by atoms with E-state index in [0.717, 1.165) is 5.69 Å². The van der Waals surface area contributed by atoms with Gasteiger partial charge in [0.25, 0.3) is 0 Å². The number of hydrogen-bond acceptors (Lipinski definition) is 4. The molecule has 0 bridgehead atoms. The van der Waals surface area contributed by atoms with Crippen molar-refractivity contribution in [1.29, 1.82) is 0 Å². The molecule has 0 aliphatic heterocycles. The van der Waals surface area contributed by atoms with Gasteiger partial charge >= 0.3 is 0 Å². The van der Waals surface area contributed by atoms with Crippen LogP contribution < -0.4 is 5.73 Å². The second kappa shape index (κ2) is 4.51. The first-order valence-corrected chi connectivity index (χ1v) is 5.71. The van der Waals surface area contributed by atoms with E-state index in [9.17, 15) is 0 Å². The molecule has 0 saturated heterocycles. The lowest BCUT2D eigenvalue weighted by Gasteiger charge is -2.13. The SMILES string of the molecule is Cc1ccsc1C(CN)c1ccncn1. The molecule has 2 aromatic heterocycles. The van der Waals surface area contributed by atoms with Crippen molar-refractivity contribution in [3.8, 4) is 0 Å². The lowest BCUT2D eigenvalue weighted by atomic mass is 10.0. The second-order valence-corrected chi connectivity index (χ2v) is 4.34. The molecule has 0 radical (unpaired) electrons. The van der Waals surface area contributed by atoms with Gasteiger partial charge in [-0.3, -0.25) is 0 Å². The third-order valence-corrected chi connectivity index (χ3v) is 3.55. The molecule has 1 unspecified atom stereocenters. The fourth-order valence-corrected chi connectivity index (χ4v) is 2.66. The number of aromatic nitrogens is 2. The van der Waals surface area contributed by atoms with Gasteiger partial charge in [-0.2, -0.15) is 0 Å². The molecule has 78 valence electrons. The monoisotopic (exact) mass is 219 g/mol. The fourth-order valence-electron chi connectivity index (χ4n) is 1.61. The van der Waals surface area contributed by atoms with Crippen molar-refractivity contribution in [2.24, 2.45) is 5.73 Å². The van der Waals surface area contributed by atoms with E-state index in [1.165, 1.54) is 10.4 Å². The lowest BCUT2D eigenvalue weighted by Crippen LogP contribution is -2.14. The Kier molecular flexibility index (Phi) is 3.08. The van der Waals surface area contributed by atoms with E-state index in [1.807, 2.05) is 6.07 Å². The summed E-state index contributed by atoms with van der Waals surface area (Å²) in [5.41, 5.74) is 8.10. The molecule has 2 rings (SSSR count). The molecule has 0 fully saturated rings. The Labute approximate surface area is 93.0 Å². The van der Waals surface area contributed by atoms with Crippen LogP contribution in [0.3, 0.4) is 0 Å². The van der Waals surface area contributed by atoms with Gasteiger partial charge in [0.05, 0.1) is 5.69 Å². The first-order valence-electron chi connectivity index (χ1n) is 4.83. The van der Waals surface area contributed by atoms with Crippen molar-refractivity contribution in [3.05, 3.63) is 46.2 Å². The Balaban J connectivity index is 2.37. The van der Waals surface area contributed by atoms with Gasteiger partial charge in [0.2, 0.25) is 0 Å². The molecule has 0 aliphatic carbocycles. The highest BCUT2D eigenvalue weighted by Gasteiger charge is 2.16. The number of thiophene rings is 1. The van der Waals surface area contributed by atoms with Crippen LogP contribution in [0.15, 0.2) is 30.0 Å². The summed E-state index contributed by atoms with van der Waals surface area (Å²) < 4.78 is 0. The summed E-state index contributed by atoms with van der Waals surface area (Å²) in [7, 11) is 0. The van der Waals surface area contributed by atoms with Gasteiger partial charge in [-0.15, -0.1) is 11.3 Å². The second-order valence-electron chi connectivity index (χ2n) is 3.39. The summed E-state index contributed by atoms with van der Waals surface area (Å²) in [6.45, 7) is 2.69. The van der Waals surface area contributed by atoms with E-state index in [2.05, 4.69) is 28.3 Å². The summed E-state index contributed by atoms with van der Waals surface area (Å²) in [6, 6.07) is 4.04. The molecule has 0 saturated carbocycles. The Hall–Kier alpha value is -1.26. The number of nitrogens with two attached hydrogens (primary N) is 1. The molecule has 0 aromatic carbocycles. The van der Waals surface area contributed by atoms with Crippen molar-refractivity contribution in [3.63, 3.8) is 0 Å². The minimum atomic E-state index is 0.202.